The monoisotopic (exact) mass is 276 g/mol. The van der Waals surface area contributed by atoms with E-state index in [9.17, 15) is 10.2 Å². The zero-order chi connectivity index (χ0) is 15.3. The topological polar surface area (TPSA) is 40.5 Å². The van der Waals surface area contributed by atoms with Crippen LogP contribution in [0.2, 0.25) is 0 Å². The van der Waals surface area contributed by atoms with E-state index in [2.05, 4.69) is 26.8 Å². The number of phenols is 2. The van der Waals surface area contributed by atoms with Crippen LogP contribution >= 0.6 is 0 Å². The van der Waals surface area contributed by atoms with E-state index in [0.717, 1.165) is 29.0 Å². The van der Waals surface area contributed by atoms with Crippen LogP contribution in [-0.4, -0.2) is 10.2 Å². The first-order valence-corrected chi connectivity index (χ1v) is 7.49. The summed E-state index contributed by atoms with van der Waals surface area (Å²) in [6.45, 7) is 10.3. The van der Waals surface area contributed by atoms with Crippen LogP contribution in [0.4, 0.5) is 0 Å². The number of hydrogen-bond acceptors (Lipinski definition) is 2. The minimum absolute atomic E-state index is 0.265. The maximum atomic E-state index is 10.1. The zero-order valence-corrected chi connectivity index (χ0v) is 13.5. The summed E-state index contributed by atoms with van der Waals surface area (Å²) in [6.07, 6.45) is 6.40. The highest BCUT2D eigenvalue weighted by molar-refractivity contribution is 5.51. The van der Waals surface area contributed by atoms with Gasteiger partial charge in [0.25, 0.3) is 0 Å². The molecule has 0 aliphatic carbocycles. The molecule has 112 valence electrons. The predicted octanol–water partition coefficient (Wildman–Crippen LogP) is 5.03. The Labute approximate surface area is 123 Å². The van der Waals surface area contributed by atoms with Crippen LogP contribution < -0.4 is 0 Å². The molecule has 0 radical (unpaired) electrons. The van der Waals surface area contributed by atoms with E-state index in [1.807, 2.05) is 13.8 Å². The van der Waals surface area contributed by atoms with Crippen LogP contribution in [0.1, 0.15) is 56.7 Å². The number of allylic oxidation sites excluding steroid dienone is 2. The van der Waals surface area contributed by atoms with Crippen LogP contribution in [0.15, 0.2) is 17.7 Å². The van der Waals surface area contributed by atoms with E-state index in [1.165, 1.54) is 18.4 Å². The molecule has 0 saturated carbocycles. The fourth-order valence-corrected chi connectivity index (χ4v) is 2.28. The van der Waals surface area contributed by atoms with Gasteiger partial charge in [0.15, 0.2) is 0 Å². The second kappa shape index (κ2) is 7.37. The number of phenolic OH excluding ortho intramolecular Hbond substituents is 2. The number of rotatable bonds is 6. The van der Waals surface area contributed by atoms with Gasteiger partial charge in [0.2, 0.25) is 0 Å². The van der Waals surface area contributed by atoms with E-state index < -0.39 is 0 Å². The van der Waals surface area contributed by atoms with Crippen molar-refractivity contribution in [2.45, 2.75) is 60.3 Å². The third-order valence-electron chi connectivity index (χ3n) is 3.94. The van der Waals surface area contributed by atoms with Crippen molar-refractivity contribution in [2.75, 3.05) is 0 Å². The van der Waals surface area contributed by atoms with Crippen LogP contribution in [0.3, 0.4) is 0 Å². The summed E-state index contributed by atoms with van der Waals surface area (Å²) in [5.74, 6) is 1.33. The van der Waals surface area contributed by atoms with Crippen LogP contribution in [0, 0.1) is 19.8 Å². The highest BCUT2D eigenvalue weighted by Crippen LogP contribution is 2.32. The maximum absolute atomic E-state index is 10.1. The fourth-order valence-electron chi connectivity index (χ4n) is 2.28. The smallest absolute Gasteiger partial charge is 0.122 e. The standard InChI is InChI=1S/C18H28O2/c1-12(2)7-6-8-13(3)9-10-16-11-17(19)14(4)15(5)18(16)20/h9,11-12,19-20H,6-8,10H2,1-5H3. The SMILES string of the molecule is CC(=CCc1cc(O)c(C)c(C)c1O)CCCC(C)C. The van der Waals surface area contributed by atoms with Gasteiger partial charge in [0, 0.05) is 5.56 Å². The van der Waals surface area contributed by atoms with E-state index >= 15 is 0 Å². The minimum Gasteiger partial charge on any atom is -0.508 e. The number of hydrogen-bond donors (Lipinski definition) is 2. The first kappa shape index (κ1) is 16.6. The zero-order valence-electron chi connectivity index (χ0n) is 13.5. The molecule has 2 nitrogen and oxygen atoms in total. The fraction of sp³-hybridized carbons (Fsp3) is 0.556. The van der Waals surface area contributed by atoms with Gasteiger partial charge in [-0.15, -0.1) is 0 Å². The van der Waals surface area contributed by atoms with Gasteiger partial charge in [0.1, 0.15) is 11.5 Å². The normalized spacial score (nSPS) is 12.2. The van der Waals surface area contributed by atoms with E-state index in [4.69, 9.17) is 0 Å². The molecule has 0 aliphatic rings. The van der Waals surface area contributed by atoms with Crippen LogP contribution in [0.25, 0.3) is 0 Å². The Hall–Kier alpha value is -1.44. The Balaban J connectivity index is 2.70. The lowest BCUT2D eigenvalue weighted by atomic mass is 9.99. The van der Waals surface area contributed by atoms with Crippen LogP contribution in [0.5, 0.6) is 11.5 Å². The van der Waals surface area contributed by atoms with E-state index in [-0.39, 0.29) is 5.75 Å². The molecule has 0 heterocycles. The van der Waals surface area contributed by atoms with E-state index in [1.54, 1.807) is 6.07 Å². The highest BCUT2D eigenvalue weighted by atomic mass is 16.3. The molecular weight excluding hydrogens is 248 g/mol. The predicted molar refractivity (Wildman–Crippen MR) is 85.4 cm³/mol. The molecule has 2 heteroatoms. The molecule has 0 aromatic heterocycles. The molecule has 1 aromatic rings. The first-order valence-electron chi connectivity index (χ1n) is 7.49. The van der Waals surface area contributed by atoms with Gasteiger partial charge in [-0.2, -0.15) is 0 Å². The Morgan fingerprint density at radius 2 is 1.85 bits per heavy atom. The highest BCUT2D eigenvalue weighted by Gasteiger charge is 2.10. The summed E-state index contributed by atoms with van der Waals surface area (Å²) in [6, 6.07) is 1.68. The second-order valence-electron chi connectivity index (χ2n) is 6.19. The summed E-state index contributed by atoms with van der Waals surface area (Å²) >= 11 is 0. The summed E-state index contributed by atoms with van der Waals surface area (Å²) in [4.78, 5) is 0. The molecule has 1 aromatic carbocycles. The molecular formula is C18H28O2. The molecule has 0 amide bonds. The van der Waals surface area contributed by atoms with E-state index in [0.29, 0.717) is 12.2 Å². The Kier molecular flexibility index (Phi) is 6.12. The third-order valence-corrected chi connectivity index (χ3v) is 3.94. The largest absolute Gasteiger partial charge is 0.508 e. The quantitative estimate of drug-likeness (QED) is 0.565. The Bertz CT molecular complexity index is 485. The molecule has 2 N–H and O–H groups in total. The lowest BCUT2D eigenvalue weighted by Crippen LogP contribution is -1.92. The minimum atomic E-state index is 0.265. The molecule has 20 heavy (non-hydrogen) atoms. The molecule has 0 fully saturated rings. The summed E-state index contributed by atoms with van der Waals surface area (Å²) in [7, 11) is 0. The molecule has 0 bridgehead atoms. The Morgan fingerprint density at radius 1 is 1.20 bits per heavy atom. The van der Waals surface area contributed by atoms with Crippen molar-refractivity contribution < 1.29 is 10.2 Å². The van der Waals surface area contributed by atoms with Crippen molar-refractivity contribution >= 4 is 0 Å². The van der Waals surface area contributed by atoms with Crippen molar-refractivity contribution in [1.29, 1.82) is 0 Å². The van der Waals surface area contributed by atoms with Gasteiger partial charge in [-0.25, -0.2) is 0 Å². The van der Waals surface area contributed by atoms with Gasteiger partial charge in [0.05, 0.1) is 0 Å². The average Bonchev–Trinajstić information content (AvgIpc) is 2.38. The molecule has 0 atom stereocenters. The lowest BCUT2D eigenvalue weighted by molar-refractivity contribution is 0.448. The van der Waals surface area contributed by atoms with Crippen molar-refractivity contribution in [3.8, 4) is 11.5 Å². The molecule has 0 unspecified atom stereocenters. The van der Waals surface area contributed by atoms with Crippen molar-refractivity contribution in [1.82, 2.24) is 0 Å². The molecule has 0 spiro atoms. The first-order chi connectivity index (χ1) is 9.32. The summed E-state index contributed by atoms with van der Waals surface area (Å²) in [5, 5.41) is 20.0. The van der Waals surface area contributed by atoms with Gasteiger partial charge >= 0.3 is 0 Å². The van der Waals surface area contributed by atoms with Crippen molar-refractivity contribution in [3.05, 3.63) is 34.4 Å². The second-order valence-corrected chi connectivity index (χ2v) is 6.19. The third kappa shape index (κ3) is 4.59. The van der Waals surface area contributed by atoms with Crippen molar-refractivity contribution in [3.63, 3.8) is 0 Å². The molecule has 0 saturated heterocycles. The summed E-state index contributed by atoms with van der Waals surface area (Å²) < 4.78 is 0. The summed E-state index contributed by atoms with van der Waals surface area (Å²) in [5.41, 5.74) is 3.67. The van der Waals surface area contributed by atoms with Gasteiger partial charge in [-0.05, 0) is 63.1 Å². The van der Waals surface area contributed by atoms with Gasteiger partial charge in [-0.3, -0.25) is 0 Å². The molecule has 1 rings (SSSR count). The number of aromatic hydroxyl groups is 2. The number of benzene rings is 1. The Morgan fingerprint density at radius 3 is 2.45 bits per heavy atom. The van der Waals surface area contributed by atoms with Crippen molar-refractivity contribution in [2.24, 2.45) is 5.92 Å². The van der Waals surface area contributed by atoms with Gasteiger partial charge in [-0.1, -0.05) is 31.9 Å². The van der Waals surface area contributed by atoms with Crippen LogP contribution in [-0.2, 0) is 6.42 Å². The maximum Gasteiger partial charge on any atom is 0.122 e. The lowest BCUT2D eigenvalue weighted by Gasteiger charge is -2.11. The molecule has 0 aliphatic heterocycles. The van der Waals surface area contributed by atoms with Gasteiger partial charge < -0.3 is 10.2 Å². The average molecular weight is 276 g/mol.